The lowest BCUT2D eigenvalue weighted by molar-refractivity contribution is -0.0585. The molecule has 0 aromatic carbocycles. The Morgan fingerprint density at radius 2 is 1.80 bits per heavy atom. The lowest BCUT2D eigenvalue weighted by Crippen LogP contribution is -2.36. The Morgan fingerprint density at radius 3 is 2.27 bits per heavy atom. The highest BCUT2D eigenvalue weighted by molar-refractivity contribution is 4.71. The maximum absolute atomic E-state index is 6.11. The molecule has 0 aromatic rings. The molecule has 1 atom stereocenters. The SMILES string of the molecule is CNC(CC(C)(C)C)OC1CCCCC1. The van der Waals surface area contributed by atoms with Gasteiger partial charge in [-0.15, -0.1) is 0 Å². The van der Waals surface area contributed by atoms with Crippen molar-refractivity contribution in [2.75, 3.05) is 7.05 Å². The van der Waals surface area contributed by atoms with E-state index < -0.39 is 0 Å². The van der Waals surface area contributed by atoms with Crippen LogP contribution in [-0.4, -0.2) is 19.4 Å². The second kappa shape index (κ2) is 5.86. The molecule has 90 valence electrons. The van der Waals surface area contributed by atoms with Crippen LogP contribution in [-0.2, 0) is 4.74 Å². The zero-order valence-corrected chi connectivity index (χ0v) is 10.8. The fourth-order valence-corrected chi connectivity index (χ4v) is 2.21. The van der Waals surface area contributed by atoms with Crippen LogP contribution in [0.15, 0.2) is 0 Å². The summed E-state index contributed by atoms with van der Waals surface area (Å²) in [5.41, 5.74) is 0.336. The van der Waals surface area contributed by atoms with Gasteiger partial charge in [-0.25, -0.2) is 0 Å². The van der Waals surface area contributed by atoms with Gasteiger partial charge in [0.2, 0.25) is 0 Å². The Labute approximate surface area is 94.8 Å². The third-order valence-corrected chi connectivity index (χ3v) is 3.03. The van der Waals surface area contributed by atoms with Gasteiger partial charge in [0.05, 0.1) is 6.10 Å². The van der Waals surface area contributed by atoms with E-state index in [-0.39, 0.29) is 6.23 Å². The summed E-state index contributed by atoms with van der Waals surface area (Å²) in [5, 5.41) is 3.28. The highest BCUT2D eigenvalue weighted by Crippen LogP contribution is 2.25. The van der Waals surface area contributed by atoms with Crippen molar-refractivity contribution in [3.05, 3.63) is 0 Å². The van der Waals surface area contributed by atoms with Crippen LogP contribution < -0.4 is 5.32 Å². The lowest BCUT2D eigenvalue weighted by Gasteiger charge is -2.31. The second-order valence-corrected chi connectivity index (χ2v) is 5.94. The number of hydrogen-bond acceptors (Lipinski definition) is 2. The first-order valence-corrected chi connectivity index (χ1v) is 6.34. The molecule has 1 N–H and O–H groups in total. The van der Waals surface area contributed by atoms with E-state index in [0.29, 0.717) is 11.5 Å². The third-order valence-electron chi connectivity index (χ3n) is 3.03. The summed E-state index contributed by atoms with van der Waals surface area (Å²) in [7, 11) is 2.00. The van der Waals surface area contributed by atoms with Gasteiger partial charge in [-0.2, -0.15) is 0 Å². The average molecular weight is 213 g/mol. The maximum atomic E-state index is 6.11. The van der Waals surface area contributed by atoms with Gasteiger partial charge in [0.1, 0.15) is 6.23 Å². The van der Waals surface area contributed by atoms with Crippen molar-refractivity contribution in [2.24, 2.45) is 5.41 Å². The molecule has 1 aliphatic rings. The molecule has 2 heteroatoms. The van der Waals surface area contributed by atoms with Crippen molar-refractivity contribution in [2.45, 2.75) is 71.6 Å². The molecule has 15 heavy (non-hydrogen) atoms. The molecule has 0 aliphatic heterocycles. The molecule has 2 nitrogen and oxygen atoms in total. The molecule has 1 rings (SSSR count). The van der Waals surface area contributed by atoms with Gasteiger partial charge in [-0.05, 0) is 31.7 Å². The van der Waals surface area contributed by atoms with Crippen molar-refractivity contribution in [3.8, 4) is 0 Å². The van der Waals surface area contributed by atoms with Crippen LogP contribution in [0.4, 0.5) is 0 Å². The van der Waals surface area contributed by atoms with Gasteiger partial charge in [-0.1, -0.05) is 40.0 Å². The molecule has 1 fully saturated rings. The average Bonchev–Trinajstić information content (AvgIpc) is 2.16. The van der Waals surface area contributed by atoms with Crippen LogP contribution in [0.1, 0.15) is 59.3 Å². The van der Waals surface area contributed by atoms with Crippen molar-refractivity contribution < 1.29 is 4.74 Å². The Morgan fingerprint density at radius 1 is 1.20 bits per heavy atom. The summed E-state index contributed by atoms with van der Waals surface area (Å²) in [6.45, 7) is 6.80. The minimum absolute atomic E-state index is 0.230. The summed E-state index contributed by atoms with van der Waals surface area (Å²) in [6, 6.07) is 0. The molecular weight excluding hydrogens is 186 g/mol. The fourth-order valence-electron chi connectivity index (χ4n) is 2.21. The third kappa shape index (κ3) is 5.53. The van der Waals surface area contributed by atoms with Crippen molar-refractivity contribution in [1.82, 2.24) is 5.32 Å². The Balaban J connectivity index is 2.31. The molecule has 0 bridgehead atoms. The van der Waals surface area contributed by atoms with E-state index >= 15 is 0 Å². The Kier molecular flexibility index (Phi) is 5.07. The van der Waals surface area contributed by atoms with Crippen LogP contribution in [0.5, 0.6) is 0 Å². The van der Waals surface area contributed by atoms with Crippen LogP contribution >= 0.6 is 0 Å². The van der Waals surface area contributed by atoms with Crippen LogP contribution in [0, 0.1) is 5.41 Å². The Bertz CT molecular complexity index is 168. The number of ether oxygens (including phenoxy) is 1. The normalized spacial score (nSPS) is 21.6. The fraction of sp³-hybridized carbons (Fsp3) is 1.00. The summed E-state index contributed by atoms with van der Waals surface area (Å²) >= 11 is 0. The lowest BCUT2D eigenvalue weighted by atomic mass is 9.91. The van der Waals surface area contributed by atoms with Gasteiger partial charge in [0.15, 0.2) is 0 Å². The van der Waals surface area contributed by atoms with E-state index in [0.717, 1.165) is 6.42 Å². The number of nitrogens with one attached hydrogen (secondary N) is 1. The Hall–Kier alpha value is -0.0800. The zero-order chi connectivity index (χ0) is 11.3. The van der Waals surface area contributed by atoms with Crippen LogP contribution in [0.3, 0.4) is 0 Å². The smallest absolute Gasteiger partial charge is 0.108 e. The number of rotatable bonds is 4. The maximum Gasteiger partial charge on any atom is 0.108 e. The first-order chi connectivity index (χ1) is 7.01. The zero-order valence-electron chi connectivity index (χ0n) is 10.8. The molecule has 1 unspecified atom stereocenters. The number of hydrogen-bond donors (Lipinski definition) is 1. The highest BCUT2D eigenvalue weighted by atomic mass is 16.5. The highest BCUT2D eigenvalue weighted by Gasteiger charge is 2.22. The van der Waals surface area contributed by atoms with Crippen LogP contribution in [0.2, 0.25) is 0 Å². The van der Waals surface area contributed by atoms with Gasteiger partial charge < -0.3 is 4.74 Å². The summed E-state index contributed by atoms with van der Waals surface area (Å²) < 4.78 is 6.11. The quantitative estimate of drug-likeness (QED) is 0.723. The molecule has 0 amide bonds. The van der Waals surface area contributed by atoms with Gasteiger partial charge >= 0.3 is 0 Å². The van der Waals surface area contributed by atoms with E-state index in [1.807, 2.05) is 7.05 Å². The molecule has 0 heterocycles. The van der Waals surface area contributed by atoms with E-state index in [4.69, 9.17) is 4.74 Å². The monoisotopic (exact) mass is 213 g/mol. The summed E-state index contributed by atoms with van der Waals surface area (Å²) in [5.74, 6) is 0. The summed E-state index contributed by atoms with van der Waals surface area (Å²) in [6.07, 6.45) is 8.40. The van der Waals surface area contributed by atoms with E-state index in [9.17, 15) is 0 Å². The molecule has 0 radical (unpaired) electrons. The summed E-state index contributed by atoms with van der Waals surface area (Å²) in [4.78, 5) is 0. The predicted molar refractivity (Wildman–Crippen MR) is 64.9 cm³/mol. The second-order valence-electron chi connectivity index (χ2n) is 5.94. The molecule has 1 aliphatic carbocycles. The van der Waals surface area contributed by atoms with E-state index in [1.54, 1.807) is 0 Å². The molecule has 0 aromatic heterocycles. The minimum Gasteiger partial charge on any atom is -0.360 e. The van der Waals surface area contributed by atoms with E-state index in [2.05, 4.69) is 26.1 Å². The molecule has 0 saturated heterocycles. The van der Waals surface area contributed by atoms with Crippen molar-refractivity contribution >= 4 is 0 Å². The first kappa shape index (κ1) is 13.0. The standard InChI is InChI=1S/C13H27NO/c1-13(2,3)10-12(14-4)15-11-8-6-5-7-9-11/h11-12,14H,5-10H2,1-4H3. The largest absolute Gasteiger partial charge is 0.360 e. The van der Waals surface area contributed by atoms with Crippen LogP contribution in [0.25, 0.3) is 0 Å². The van der Waals surface area contributed by atoms with Crippen molar-refractivity contribution in [3.63, 3.8) is 0 Å². The molecule has 1 saturated carbocycles. The van der Waals surface area contributed by atoms with E-state index in [1.165, 1.54) is 32.1 Å². The van der Waals surface area contributed by atoms with Gasteiger partial charge in [-0.3, -0.25) is 5.32 Å². The topological polar surface area (TPSA) is 21.3 Å². The van der Waals surface area contributed by atoms with Crippen molar-refractivity contribution in [1.29, 1.82) is 0 Å². The van der Waals surface area contributed by atoms with Gasteiger partial charge in [0, 0.05) is 0 Å². The van der Waals surface area contributed by atoms with Gasteiger partial charge in [0.25, 0.3) is 0 Å². The molecular formula is C13H27NO. The minimum atomic E-state index is 0.230. The predicted octanol–water partition coefficient (Wildman–Crippen LogP) is 3.32. The first-order valence-electron chi connectivity index (χ1n) is 6.34. The molecule has 0 spiro atoms.